The van der Waals surface area contributed by atoms with Crippen LogP contribution < -0.4 is 0 Å². The fourth-order valence-corrected chi connectivity index (χ4v) is 1.31. The first-order valence-corrected chi connectivity index (χ1v) is 4.70. The molecule has 0 atom stereocenters. The summed E-state index contributed by atoms with van der Waals surface area (Å²) in [4.78, 5) is 10.7. The van der Waals surface area contributed by atoms with E-state index in [9.17, 15) is 4.79 Å². The molecule has 0 aliphatic carbocycles. The summed E-state index contributed by atoms with van der Waals surface area (Å²) in [5.74, 6) is -0.882. The van der Waals surface area contributed by atoms with Crippen molar-refractivity contribution in [2.45, 2.75) is 13.3 Å². The Morgan fingerprint density at radius 1 is 1.57 bits per heavy atom. The van der Waals surface area contributed by atoms with E-state index in [4.69, 9.17) is 16.7 Å². The van der Waals surface area contributed by atoms with Gasteiger partial charge in [0.15, 0.2) is 0 Å². The average Bonchev–Trinajstić information content (AvgIpc) is 2.14. The maximum atomic E-state index is 10.7. The van der Waals surface area contributed by atoms with Crippen molar-refractivity contribution in [2.75, 3.05) is 0 Å². The summed E-state index contributed by atoms with van der Waals surface area (Å²) in [5, 5.41) is 9.41. The molecule has 1 aromatic carbocycles. The summed E-state index contributed by atoms with van der Waals surface area (Å²) >= 11 is 5.77. The number of halogens is 1. The van der Waals surface area contributed by atoms with E-state index in [1.165, 1.54) is 0 Å². The molecule has 3 heteroatoms. The van der Waals surface area contributed by atoms with Gasteiger partial charge in [0.1, 0.15) is 0 Å². The first-order chi connectivity index (χ1) is 6.63. The van der Waals surface area contributed by atoms with E-state index in [1.54, 1.807) is 24.3 Å². The van der Waals surface area contributed by atoms with E-state index in [0.29, 0.717) is 17.0 Å². The Kier molecular flexibility index (Phi) is 3.72. The maximum absolute atomic E-state index is 10.7. The van der Waals surface area contributed by atoms with Crippen LogP contribution in [-0.2, 0) is 4.79 Å². The number of hydrogen-bond acceptors (Lipinski definition) is 1. The molecule has 2 nitrogen and oxygen atoms in total. The maximum Gasteiger partial charge on any atom is 0.331 e. The van der Waals surface area contributed by atoms with Gasteiger partial charge in [0, 0.05) is 10.6 Å². The molecule has 1 aromatic rings. The minimum absolute atomic E-state index is 0.382. The number of carbonyl (C=O) groups is 1. The molecule has 74 valence electrons. The normalized spacial score (nSPS) is 11.4. The zero-order valence-electron chi connectivity index (χ0n) is 7.83. The Morgan fingerprint density at radius 2 is 2.29 bits per heavy atom. The van der Waals surface area contributed by atoms with Crippen LogP contribution in [0.3, 0.4) is 0 Å². The van der Waals surface area contributed by atoms with Crippen molar-refractivity contribution >= 4 is 23.6 Å². The van der Waals surface area contributed by atoms with Crippen LogP contribution in [0, 0.1) is 0 Å². The minimum atomic E-state index is -0.882. The van der Waals surface area contributed by atoms with Crippen molar-refractivity contribution in [3.05, 3.63) is 40.4 Å². The van der Waals surface area contributed by atoms with E-state index < -0.39 is 5.97 Å². The SMILES string of the molecule is CCC(=Cc1cccc(Cl)c1)C(=O)O. The lowest BCUT2D eigenvalue weighted by atomic mass is 10.1. The molecular weight excluding hydrogens is 200 g/mol. The first-order valence-electron chi connectivity index (χ1n) is 4.33. The molecule has 0 spiro atoms. The molecule has 0 saturated heterocycles. The minimum Gasteiger partial charge on any atom is -0.478 e. The zero-order valence-corrected chi connectivity index (χ0v) is 8.58. The number of carboxylic acids is 1. The van der Waals surface area contributed by atoms with Crippen LogP contribution in [-0.4, -0.2) is 11.1 Å². The summed E-state index contributed by atoms with van der Waals surface area (Å²) in [6, 6.07) is 7.11. The Hall–Kier alpha value is -1.28. The van der Waals surface area contributed by atoms with E-state index in [-0.39, 0.29) is 0 Å². The fraction of sp³-hybridized carbons (Fsp3) is 0.182. The van der Waals surface area contributed by atoms with Gasteiger partial charge in [-0.15, -0.1) is 0 Å². The molecular formula is C11H11ClO2. The second-order valence-electron chi connectivity index (χ2n) is 2.88. The predicted molar refractivity (Wildman–Crippen MR) is 57.4 cm³/mol. The van der Waals surface area contributed by atoms with Crippen LogP contribution >= 0.6 is 11.6 Å². The smallest absolute Gasteiger partial charge is 0.331 e. The standard InChI is InChI=1S/C11H11ClO2/c1-2-9(11(13)14)6-8-4-3-5-10(12)7-8/h3-7H,2H2,1H3,(H,13,14). The highest BCUT2D eigenvalue weighted by Crippen LogP contribution is 2.14. The Balaban J connectivity index is 3.00. The third kappa shape index (κ3) is 2.89. The largest absolute Gasteiger partial charge is 0.478 e. The molecule has 0 aromatic heterocycles. The van der Waals surface area contributed by atoms with Gasteiger partial charge >= 0.3 is 5.97 Å². The number of hydrogen-bond donors (Lipinski definition) is 1. The molecule has 0 aliphatic rings. The molecule has 0 saturated carbocycles. The number of rotatable bonds is 3. The van der Waals surface area contributed by atoms with Gasteiger partial charge in [0.05, 0.1) is 0 Å². The Labute approximate surface area is 87.8 Å². The molecule has 0 amide bonds. The van der Waals surface area contributed by atoms with Crippen LogP contribution in [0.4, 0.5) is 0 Å². The number of aliphatic carboxylic acids is 1. The van der Waals surface area contributed by atoms with Crippen molar-refractivity contribution in [1.82, 2.24) is 0 Å². The molecule has 0 fully saturated rings. The first kappa shape index (κ1) is 10.8. The molecule has 0 heterocycles. The van der Waals surface area contributed by atoms with Gasteiger partial charge in [0.2, 0.25) is 0 Å². The highest BCUT2D eigenvalue weighted by atomic mass is 35.5. The Bertz CT molecular complexity index is 369. The van der Waals surface area contributed by atoms with Gasteiger partial charge in [-0.2, -0.15) is 0 Å². The van der Waals surface area contributed by atoms with Gasteiger partial charge in [-0.05, 0) is 30.2 Å². The topological polar surface area (TPSA) is 37.3 Å². The van der Waals surface area contributed by atoms with E-state index >= 15 is 0 Å². The van der Waals surface area contributed by atoms with Gasteiger partial charge < -0.3 is 5.11 Å². The zero-order chi connectivity index (χ0) is 10.6. The second kappa shape index (κ2) is 4.82. The van der Waals surface area contributed by atoms with Gasteiger partial charge in [0.25, 0.3) is 0 Å². The lowest BCUT2D eigenvalue weighted by Gasteiger charge is -1.98. The highest BCUT2D eigenvalue weighted by molar-refractivity contribution is 6.30. The van der Waals surface area contributed by atoms with Crippen LogP contribution in [0.2, 0.25) is 5.02 Å². The quantitative estimate of drug-likeness (QED) is 0.778. The molecule has 0 aliphatic heterocycles. The average molecular weight is 211 g/mol. The van der Waals surface area contributed by atoms with Gasteiger partial charge in [-0.3, -0.25) is 0 Å². The summed E-state index contributed by atoms with van der Waals surface area (Å²) in [7, 11) is 0. The van der Waals surface area contributed by atoms with Crippen molar-refractivity contribution in [3.63, 3.8) is 0 Å². The third-order valence-electron chi connectivity index (χ3n) is 1.85. The predicted octanol–water partition coefficient (Wildman–Crippen LogP) is 3.22. The highest BCUT2D eigenvalue weighted by Gasteiger charge is 2.03. The van der Waals surface area contributed by atoms with E-state index in [1.807, 2.05) is 13.0 Å². The molecule has 14 heavy (non-hydrogen) atoms. The Morgan fingerprint density at radius 3 is 2.79 bits per heavy atom. The lowest BCUT2D eigenvalue weighted by Crippen LogP contribution is -1.98. The van der Waals surface area contributed by atoms with Crippen molar-refractivity contribution in [2.24, 2.45) is 0 Å². The molecule has 0 unspecified atom stereocenters. The van der Waals surface area contributed by atoms with Crippen molar-refractivity contribution < 1.29 is 9.90 Å². The monoisotopic (exact) mass is 210 g/mol. The van der Waals surface area contributed by atoms with Gasteiger partial charge in [-0.1, -0.05) is 30.7 Å². The number of carboxylic acid groups (broad SMARTS) is 1. The van der Waals surface area contributed by atoms with Crippen molar-refractivity contribution in [3.8, 4) is 0 Å². The van der Waals surface area contributed by atoms with Gasteiger partial charge in [-0.25, -0.2) is 4.79 Å². The van der Waals surface area contributed by atoms with E-state index in [0.717, 1.165) is 5.56 Å². The van der Waals surface area contributed by atoms with Crippen LogP contribution in [0.5, 0.6) is 0 Å². The summed E-state index contributed by atoms with van der Waals surface area (Å²) in [6.45, 7) is 1.81. The fourth-order valence-electron chi connectivity index (χ4n) is 1.11. The second-order valence-corrected chi connectivity index (χ2v) is 3.32. The van der Waals surface area contributed by atoms with Crippen LogP contribution in [0.1, 0.15) is 18.9 Å². The summed E-state index contributed by atoms with van der Waals surface area (Å²) in [6.07, 6.45) is 2.13. The third-order valence-corrected chi connectivity index (χ3v) is 2.08. The lowest BCUT2D eigenvalue weighted by molar-refractivity contribution is -0.132. The summed E-state index contributed by atoms with van der Waals surface area (Å²) < 4.78 is 0. The van der Waals surface area contributed by atoms with E-state index in [2.05, 4.69) is 0 Å². The molecule has 0 bridgehead atoms. The molecule has 1 rings (SSSR count). The number of benzene rings is 1. The molecule has 1 N–H and O–H groups in total. The van der Waals surface area contributed by atoms with Crippen molar-refractivity contribution in [1.29, 1.82) is 0 Å². The molecule has 0 radical (unpaired) electrons. The van der Waals surface area contributed by atoms with Crippen LogP contribution in [0.15, 0.2) is 29.8 Å². The van der Waals surface area contributed by atoms with Crippen LogP contribution in [0.25, 0.3) is 6.08 Å². The summed E-state index contributed by atoms with van der Waals surface area (Å²) in [5.41, 5.74) is 1.20.